The Hall–Kier alpha value is -5.14. The van der Waals surface area contributed by atoms with E-state index in [0.29, 0.717) is 0 Å². The van der Waals surface area contributed by atoms with Gasteiger partial charge in [-0.25, -0.2) is 18.0 Å². The zero-order valence-corrected chi connectivity index (χ0v) is 28.1. The predicted molar refractivity (Wildman–Crippen MR) is 175 cm³/mol. The van der Waals surface area contributed by atoms with Crippen molar-refractivity contribution in [2.75, 3.05) is 18.5 Å². The molecular weight excluding hydrogens is 679 g/mol. The molecule has 0 bridgehead atoms. The molecule has 50 heavy (non-hydrogen) atoms. The third kappa shape index (κ3) is 9.73. The number of alkyl halides is 3. The second-order valence-corrected chi connectivity index (χ2v) is 13.4. The topological polar surface area (TPSA) is 167 Å². The summed E-state index contributed by atoms with van der Waals surface area (Å²) < 4.78 is 75.4. The number of sulfonamides is 1. The van der Waals surface area contributed by atoms with Gasteiger partial charge in [0.2, 0.25) is 15.9 Å². The normalized spacial score (nSPS) is 18.0. The standard InChI is InChI=1S/C34H36F3N5O7S/c1-3-6-23-9-11-24(12-10-23)21-39-30(43)29-20-33(22-38,41-32(45)40-26-8-5-7-25(19-26)31(44)48-4-2)17-18-42(29)50(46,47)28-15-13-27(14-16-28)49-34(35,36)37/h5,7-16,19,29H,3-4,6,17-18,20-21H2,1-2H3,(H,39,43)(H2,40,41,45)/t29-,33?/m1/s1. The highest BCUT2D eigenvalue weighted by atomic mass is 32.2. The molecule has 1 saturated heterocycles. The smallest absolute Gasteiger partial charge is 0.462 e. The fourth-order valence-corrected chi connectivity index (χ4v) is 7.02. The number of anilines is 1. The number of nitrogens with zero attached hydrogens (tertiary/aromatic N) is 2. The molecule has 1 aliphatic heterocycles. The average molecular weight is 716 g/mol. The number of carbonyl (C=O) groups is 3. The minimum atomic E-state index is -4.99. The van der Waals surface area contributed by atoms with Crippen molar-refractivity contribution in [3.8, 4) is 11.8 Å². The third-order valence-electron chi connectivity index (χ3n) is 7.84. The van der Waals surface area contributed by atoms with Gasteiger partial charge >= 0.3 is 18.4 Å². The van der Waals surface area contributed by atoms with Crippen molar-refractivity contribution in [1.82, 2.24) is 14.9 Å². The van der Waals surface area contributed by atoms with Crippen LogP contribution in [0.3, 0.4) is 0 Å². The number of hydrogen-bond donors (Lipinski definition) is 3. The van der Waals surface area contributed by atoms with Crippen LogP contribution in [0.2, 0.25) is 0 Å². The SMILES string of the molecule is CCCc1ccc(CNC(=O)[C@H]2CC(C#N)(NC(=O)Nc3cccc(C(=O)OCC)c3)CCN2S(=O)(=O)c2ccc(OC(F)(F)F)cc2)cc1. The minimum absolute atomic E-state index is 0.0311. The second kappa shape index (κ2) is 16.0. The molecule has 0 aliphatic carbocycles. The summed E-state index contributed by atoms with van der Waals surface area (Å²) in [5.41, 5.74) is 0.502. The van der Waals surface area contributed by atoms with E-state index < -0.39 is 69.5 Å². The zero-order chi connectivity index (χ0) is 36.5. The summed E-state index contributed by atoms with van der Waals surface area (Å²) >= 11 is 0. The van der Waals surface area contributed by atoms with Crippen LogP contribution in [-0.2, 0) is 32.5 Å². The first-order valence-corrected chi connectivity index (χ1v) is 17.1. The Morgan fingerprint density at radius 2 is 1.70 bits per heavy atom. The summed E-state index contributed by atoms with van der Waals surface area (Å²) in [6, 6.07) is 16.6. The maximum Gasteiger partial charge on any atom is 0.573 e. The molecule has 1 fully saturated rings. The number of carbonyl (C=O) groups excluding carboxylic acids is 3. The molecule has 3 aromatic rings. The molecule has 3 N–H and O–H groups in total. The maximum absolute atomic E-state index is 13.8. The van der Waals surface area contributed by atoms with E-state index in [2.05, 4.69) is 20.7 Å². The Labute approximate surface area is 287 Å². The van der Waals surface area contributed by atoms with Crippen LogP contribution < -0.4 is 20.7 Å². The predicted octanol–water partition coefficient (Wildman–Crippen LogP) is 5.27. The van der Waals surface area contributed by atoms with E-state index in [-0.39, 0.29) is 30.8 Å². The highest BCUT2D eigenvalue weighted by molar-refractivity contribution is 7.89. The number of rotatable bonds is 12. The van der Waals surface area contributed by atoms with E-state index in [9.17, 15) is 41.2 Å². The molecule has 0 aromatic heterocycles. The molecule has 3 amide bonds. The highest BCUT2D eigenvalue weighted by Crippen LogP contribution is 2.33. The van der Waals surface area contributed by atoms with E-state index in [1.54, 1.807) is 6.92 Å². The monoisotopic (exact) mass is 715 g/mol. The zero-order valence-electron chi connectivity index (χ0n) is 27.2. The number of nitrogens with one attached hydrogen (secondary N) is 3. The molecule has 3 aromatic carbocycles. The Morgan fingerprint density at radius 1 is 1.02 bits per heavy atom. The summed E-state index contributed by atoms with van der Waals surface area (Å²) in [7, 11) is -4.51. The summed E-state index contributed by atoms with van der Waals surface area (Å²) in [6.45, 7) is 3.47. The van der Waals surface area contributed by atoms with Crippen LogP contribution in [0.1, 0.15) is 54.6 Å². The van der Waals surface area contributed by atoms with Gasteiger partial charge in [0.1, 0.15) is 17.3 Å². The molecule has 12 nitrogen and oxygen atoms in total. The molecule has 0 radical (unpaired) electrons. The lowest BCUT2D eigenvalue weighted by Gasteiger charge is -2.41. The van der Waals surface area contributed by atoms with Crippen molar-refractivity contribution in [1.29, 1.82) is 5.26 Å². The van der Waals surface area contributed by atoms with Gasteiger partial charge in [-0.05, 0) is 73.4 Å². The summed E-state index contributed by atoms with van der Waals surface area (Å²) in [5, 5.41) is 18.1. The number of halogens is 3. The van der Waals surface area contributed by atoms with Crippen molar-refractivity contribution in [3.63, 3.8) is 0 Å². The largest absolute Gasteiger partial charge is 0.573 e. The van der Waals surface area contributed by atoms with Crippen molar-refractivity contribution < 1.29 is 45.4 Å². The van der Waals surface area contributed by atoms with Gasteiger partial charge in [0.15, 0.2) is 0 Å². The Morgan fingerprint density at radius 3 is 2.32 bits per heavy atom. The van der Waals surface area contributed by atoms with E-state index in [1.165, 1.54) is 24.3 Å². The highest BCUT2D eigenvalue weighted by Gasteiger charge is 2.48. The first-order valence-electron chi connectivity index (χ1n) is 15.7. The van der Waals surface area contributed by atoms with Gasteiger partial charge in [-0.3, -0.25) is 4.79 Å². The third-order valence-corrected chi connectivity index (χ3v) is 9.76. The van der Waals surface area contributed by atoms with Gasteiger partial charge in [-0.15, -0.1) is 13.2 Å². The fraction of sp³-hybridized carbons (Fsp3) is 0.353. The van der Waals surface area contributed by atoms with Gasteiger partial charge in [0.25, 0.3) is 0 Å². The van der Waals surface area contributed by atoms with Gasteiger partial charge in [-0.1, -0.05) is 43.7 Å². The van der Waals surface area contributed by atoms with Crippen LogP contribution in [0.5, 0.6) is 5.75 Å². The van der Waals surface area contributed by atoms with Crippen molar-refractivity contribution >= 4 is 33.6 Å². The number of ether oxygens (including phenoxy) is 2. The molecule has 2 atom stereocenters. The summed E-state index contributed by atoms with van der Waals surface area (Å²) in [4.78, 5) is 38.6. The van der Waals surface area contributed by atoms with Crippen LogP contribution in [0.25, 0.3) is 0 Å². The van der Waals surface area contributed by atoms with Gasteiger partial charge in [0, 0.05) is 25.2 Å². The minimum Gasteiger partial charge on any atom is -0.462 e. The molecule has 1 heterocycles. The van der Waals surface area contributed by atoms with Crippen molar-refractivity contribution in [3.05, 3.63) is 89.5 Å². The molecule has 0 spiro atoms. The van der Waals surface area contributed by atoms with E-state index in [0.717, 1.165) is 52.5 Å². The van der Waals surface area contributed by atoms with Crippen LogP contribution in [0, 0.1) is 11.3 Å². The van der Waals surface area contributed by atoms with Crippen LogP contribution in [0.15, 0.2) is 77.7 Å². The Bertz CT molecular complexity index is 1830. The first-order chi connectivity index (χ1) is 23.7. The Balaban J connectivity index is 1.58. The van der Waals surface area contributed by atoms with E-state index in [4.69, 9.17) is 4.74 Å². The fourth-order valence-electron chi connectivity index (χ4n) is 5.43. The van der Waals surface area contributed by atoms with Crippen molar-refractivity contribution in [2.45, 2.75) is 68.9 Å². The number of amides is 3. The average Bonchev–Trinajstić information content (AvgIpc) is 3.07. The van der Waals surface area contributed by atoms with Crippen molar-refractivity contribution in [2.24, 2.45) is 0 Å². The summed E-state index contributed by atoms with van der Waals surface area (Å²) in [6.07, 6.45) is -3.87. The Kier molecular flexibility index (Phi) is 12.1. The lowest BCUT2D eigenvalue weighted by Crippen LogP contribution is -2.62. The molecule has 16 heteroatoms. The number of benzene rings is 3. The van der Waals surface area contributed by atoms with Gasteiger partial charge < -0.3 is 25.4 Å². The second-order valence-electron chi connectivity index (χ2n) is 11.5. The number of esters is 1. The number of aryl methyl sites for hydroxylation is 1. The van der Waals surface area contributed by atoms with Crippen LogP contribution in [0.4, 0.5) is 23.7 Å². The first kappa shape index (κ1) is 37.7. The molecule has 266 valence electrons. The van der Waals surface area contributed by atoms with Gasteiger partial charge in [0.05, 0.1) is 23.1 Å². The number of hydrogen-bond acceptors (Lipinski definition) is 8. The van der Waals surface area contributed by atoms with Crippen LogP contribution >= 0.6 is 0 Å². The molecule has 1 unspecified atom stereocenters. The van der Waals surface area contributed by atoms with E-state index in [1.807, 2.05) is 37.3 Å². The quantitative estimate of drug-likeness (QED) is 0.213. The maximum atomic E-state index is 13.8. The number of nitriles is 1. The number of piperidine rings is 1. The van der Waals surface area contributed by atoms with Crippen LogP contribution in [-0.4, -0.2) is 61.7 Å². The number of urea groups is 1. The van der Waals surface area contributed by atoms with E-state index >= 15 is 0 Å². The van der Waals surface area contributed by atoms with Gasteiger partial charge in [-0.2, -0.15) is 9.57 Å². The summed E-state index contributed by atoms with van der Waals surface area (Å²) in [5.74, 6) is -2.00. The molecule has 0 saturated carbocycles. The molecule has 1 aliphatic rings. The lowest BCUT2D eigenvalue weighted by atomic mass is 9.85. The molecular formula is C34H36F3N5O7S. The lowest BCUT2D eigenvalue weighted by molar-refractivity contribution is -0.274. The molecule has 4 rings (SSSR count).